The molecule has 0 saturated carbocycles. The smallest absolute Gasteiger partial charge is 0.366 e. The molecule has 1 unspecified atom stereocenters. The van der Waals surface area contributed by atoms with Crippen LogP contribution in [0.4, 0.5) is 13.2 Å². The molecule has 1 heterocycles. The molecule has 0 bridgehead atoms. The van der Waals surface area contributed by atoms with Crippen molar-refractivity contribution in [2.75, 3.05) is 0 Å². The summed E-state index contributed by atoms with van der Waals surface area (Å²) < 4.78 is 41.3. The van der Waals surface area contributed by atoms with Gasteiger partial charge in [0.25, 0.3) is 5.91 Å². The second kappa shape index (κ2) is 6.94. The zero-order valence-electron chi connectivity index (χ0n) is 14.8. The first-order valence-corrected chi connectivity index (χ1v) is 8.19. The van der Waals surface area contributed by atoms with Crippen molar-refractivity contribution in [1.82, 2.24) is 4.57 Å². The zero-order chi connectivity index (χ0) is 18.9. The molecule has 1 amide bonds. The van der Waals surface area contributed by atoms with Crippen molar-refractivity contribution in [3.63, 3.8) is 0 Å². The van der Waals surface area contributed by atoms with E-state index in [-0.39, 0.29) is 11.6 Å². The van der Waals surface area contributed by atoms with Gasteiger partial charge in [0.1, 0.15) is 0 Å². The third-order valence-electron chi connectivity index (χ3n) is 4.31. The number of rotatable bonds is 5. The standard InChI is InChI=1S/C19H23F3N2O/c1-11(2)9-12(3)13-7-5-6-8-14(13)17-16(18(23)25)15(10-24(17)4)19(20,21)22/h5-8,10-12H,9H2,1-4H3,(H2,23,25). The third-order valence-corrected chi connectivity index (χ3v) is 4.31. The number of carbonyl (C=O) groups is 1. The van der Waals surface area contributed by atoms with Crippen molar-refractivity contribution in [2.45, 2.75) is 39.3 Å². The second-order valence-corrected chi connectivity index (χ2v) is 6.86. The number of hydrogen-bond acceptors (Lipinski definition) is 1. The van der Waals surface area contributed by atoms with Gasteiger partial charge >= 0.3 is 6.18 Å². The van der Waals surface area contributed by atoms with Crippen molar-refractivity contribution in [3.05, 3.63) is 47.2 Å². The predicted molar refractivity (Wildman–Crippen MR) is 92.2 cm³/mol. The highest BCUT2D eigenvalue weighted by Crippen LogP contribution is 2.40. The number of halogens is 3. The number of nitrogens with zero attached hydrogens (tertiary/aromatic N) is 1. The Morgan fingerprint density at radius 3 is 2.32 bits per heavy atom. The molecule has 2 N–H and O–H groups in total. The van der Waals surface area contributed by atoms with Crippen molar-refractivity contribution in [1.29, 1.82) is 0 Å². The summed E-state index contributed by atoms with van der Waals surface area (Å²) in [5, 5.41) is 0. The second-order valence-electron chi connectivity index (χ2n) is 6.86. The molecule has 2 aromatic rings. The molecule has 0 aliphatic rings. The van der Waals surface area contributed by atoms with Crippen LogP contribution in [0.3, 0.4) is 0 Å². The van der Waals surface area contributed by atoms with Crippen LogP contribution in [0.25, 0.3) is 11.3 Å². The first-order valence-electron chi connectivity index (χ1n) is 8.19. The first-order chi connectivity index (χ1) is 11.5. The van der Waals surface area contributed by atoms with E-state index >= 15 is 0 Å². The molecule has 0 spiro atoms. The number of benzene rings is 1. The fraction of sp³-hybridized carbons (Fsp3) is 0.421. The van der Waals surface area contributed by atoms with E-state index in [0.29, 0.717) is 11.5 Å². The van der Waals surface area contributed by atoms with Crippen molar-refractivity contribution >= 4 is 5.91 Å². The molecule has 2 rings (SSSR count). The molecule has 0 radical (unpaired) electrons. The van der Waals surface area contributed by atoms with Gasteiger partial charge < -0.3 is 10.3 Å². The Morgan fingerprint density at radius 2 is 1.80 bits per heavy atom. The molecule has 136 valence electrons. The fourth-order valence-electron chi connectivity index (χ4n) is 3.39. The van der Waals surface area contributed by atoms with Gasteiger partial charge in [0.15, 0.2) is 0 Å². The van der Waals surface area contributed by atoms with Crippen LogP contribution in [0.15, 0.2) is 30.5 Å². The highest BCUT2D eigenvalue weighted by molar-refractivity contribution is 6.01. The molecule has 0 saturated heterocycles. The summed E-state index contributed by atoms with van der Waals surface area (Å²) in [6.07, 6.45) is -2.82. The summed E-state index contributed by atoms with van der Waals surface area (Å²) in [5.74, 6) is -0.492. The lowest BCUT2D eigenvalue weighted by Gasteiger charge is -2.19. The lowest BCUT2D eigenvalue weighted by atomic mass is 9.87. The first kappa shape index (κ1) is 19.1. The summed E-state index contributed by atoms with van der Waals surface area (Å²) >= 11 is 0. The number of alkyl halides is 3. The minimum Gasteiger partial charge on any atom is -0.366 e. The maximum Gasteiger partial charge on any atom is 0.418 e. The summed E-state index contributed by atoms with van der Waals surface area (Å²) in [6, 6.07) is 7.25. The monoisotopic (exact) mass is 352 g/mol. The van der Waals surface area contributed by atoms with E-state index in [2.05, 4.69) is 13.8 Å². The van der Waals surface area contributed by atoms with Crippen LogP contribution in [0.5, 0.6) is 0 Å². The van der Waals surface area contributed by atoms with Crippen molar-refractivity contribution < 1.29 is 18.0 Å². The molecule has 0 aliphatic heterocycles. The van der Waals surface area contributed by atoms with Crippen molar-refractivity contribution in [3.8, 4) is 11.3 Å². The minimum atomic E-state index is -4.64. The van der Waals surface area contributed by atoms with Crippen LogP contribution < -0.4 is 5.73 Å². The Morgan fingerprint density at radius 1 is 1.20 bits per heavy atom. The molecule has 0 fully saturated rings. The maximum atomic E-state index is 13.3. The minimum absolute atomic E-state index is 0.140. The van der Waals surface area contributed by atoms with Crippen LogP contribution in [-0.2, 0) is 13.2 Å². The molecule has 1 aromatic carbocycles. The molecular formula is C19H23F3N2O. The number of carbonyl (C=O) groups excluding carboxylic acids is 1. The van der Waals surface area contributed by atoms with Crippen molar-refractivity contribution in [2.24, 2.45) is 18.7 Å². The molecule has 1 atom stereocenters. The van der Waals surface area contributed by atoms with Crippen LogP contribution in [0, 0.1) is 5.92 Å². The van der Waals surface area contributed by atoms with Crippen LogP contribution in [-0.4, -0.2) is 10.5 Å². The normalized spacial score (nSPS) is 13.3. The lowest BCUT2D eigenvalue weighted by molar-refractivity contribution is -0.137. The van der Waals surface area contributed by atoms with Gasteiger partial charge in [-0.3, -0.25) is 4.79 Å². The Labute approximate surface area is 145 Å². The van der Waals surface area contributed by atoms with Gasteiger partial charge in [0.05, 0.1) is 16.8 Å². The SMILES string of the molecule is CC(C)CC(C)c1ccccc1-c1c(C(N)=O)c(C(F)(F)F)cn1C. The topological polar surface area (TPSA) is 48.0 Å². The molecule has 0 aliphatic carbocycles. The number of nitrogens with two attached hydrogens (primary N) is 1. The van der Waals surface area contributed by atoms with Crippen LogP contribution in [0.1, 0.15) is 54.6 Å². The largest absolute Gasteiger partial charge is 0.418 e. The highest BCUT2D eigenvalue weighted by atomic mass is 19.4. The van der Waals surface area contributed by atoms with E-state index in [0.717, 1.165) is 18.2 Å². The highest BCUT2D eigenvalue weighted by Gasteiger charge is 2.39. The molecule has 1 aromatic heterocycles. The summed E-state index contributed by atoms with van der Waals surface area (Å²) in [5.41, 5.74) is 5.59. The average Bonchev–Trinajstić information content (AvgIpc) is 2.84. The summed E-state index contributed by atoms with van der Waals surface area (Å²) in [7, 11) is 1.50. The van der Waals surface area contributed by atoms with Gasteiger partial charge in [-0.1, -0.05) is 45.0 Å². The van der Waals surface area contributed by atoms with E-state index in [1.165, 1.54) is 11.6 Å². The Kier molecular flexibility index (Phi) is 5.30. The number of amides is 1. The predicted octanol–water partition coefficient (Wildman–Crippen LogP) is 4.96. The number of aromatic nitrogens is 1. The maximum absolute atomic E-state index is 13.3. The van der Waals surface area contributed by atoms with Gasteiger partial charge in [0, 0.05) is 18.8 Å². The Bertz CT molecular complexity index is 775. The van der Waals surface area contributed by atoms with E-state index in [1.807, 2.05) is 19.1 Å². The Hall–Kier alpha value is -2.24. The van der Waals surface area contributed by atoms with Gasteiger partial charge in [-0.05, 0) is 23.8 Å². The number of hydrogen-bond donors (Lipinski definition) is 1. The molecule has 6 heteroatoms. The van der Waals surface area contributed by atoms with Gasteiger partial charge in [-0.2, -0.15) is 13.2 Å². The lowest BCUT2D eigenvalue weighted by Crippen LogP contribution is -2.18. The zero-order valence-corrected chi connectivity index (χ0v) is 14.8. The molecule has 25 heavy (non-hydrogen) atoms. The summed E-state index contributed by atoms with van der Waals surface area (Å²) in [4.78, 5) is 11.8. The fourth-order valence-corrected chi connectivity index (χ4v) is 3.39. The van der Waals surface area contributed by atoms with Gasteiger partial charge in [0.2, 0.25) is 0 Å². The van der Waals surface area contributed by atoms with E-state index < -0.39 is 23.2 Å². The van der Waals surface area contributed by atoms with Crippen LogP contribution >= 0.6 is 0 Å². The number of aryl methyl sites for hydroxylation is 1. The van der Waals surface area contributed by atoms with Gasteiger partial charge in [-0.15, -0.1) is 0 Å². The quantitative estimate of drug-likeness (QED) is 0.812. The van der Waals surface area contributed by atoms with E-state index in [1.54, 1.807) is 12.1 Å². The average molecular weight is 352 g/mol. The molecule has 3 nitrogen and oxygen atoms in total. The van der Waals surface area contributed by atoms with Crippen LogP contribution in [0.2, 0.25) is 0 Å². The third kappa shape index (κ3) is 3.89. The molecular weight excluding hydrogens is 329 g/mol. The number of primary amides is 1. The van der Waals surface area contributed by atoms with Gasteiger partial charge in [-0.25, -0.2) is 0 Å². The van der Waals surface area contributed by atoms with E-state index in [9.17, 15) is 18.0 Å². The van der Waals surface area contributed by atoms with E-state index in [4.69, 9.17) is 5.73 Å². The Balaban J connectivity index is 2.72. The summed E-state index contributed by atoms with van der Waals surface area (Å²) in [6.45, 7) is 6.23.